The highest BCUT2D eigenvalue weighted by atomic mass is 16.5. The minimum atomic E-state index is -0.853. The van der Waals surface area contributed by atoms with Crippen LogP contribution in [0.25, 0.3) is 0 Å². The Bertz CT molecular complexity index is 221. The average molecular weight is 232 g/mol. The number of carbonyl (C=O) groups excluding carboxylic acids is 1. The monoisotopic (exact) mass is 232 g/mol. The van der Waals surface area contributed by atoms with Crippen molar-refractivity contribution in [3.63, 3.8) is 0 Å². The van der Waals surface area contributed by atoms with Crippen LogP contribution in [0.4, 0.5) is 4.79 Å². The van der Waals surface area contributed by atoms with Crippen LogP contribution in [-0.2, 0) is 9.53 Å². The highest BCUT2D eigenvalue weighted by Gasteiger charge is 2.08. The van der Waals surface area contributed by atoms with Crippen molar-refractivity contribution in [3.8, 4) is 0 Å². The molecule has 6 nitrogen and oxygen atoms in total. The summed E-state index contributed by atoms with van der Waals surface area (Å²) in [6.07, 6.45) is 1.25. The highest BCUT2D eigenvalue weighted by molar-refractivity contribution is 5.74. The molecule has 1 atom stereocenters. The van der Waals surface area contributed by atoms with Gasteiger partial charge in [0.2, 0.25) is 0 Å². The number of aliphatic carboxylic acids is 1. The molecule has 0 aromatic rings. The second-order valence-corrected chi connectivity index (χ2v) is 3.58. The number of carboxylic acids is 1. The third-order valence-electron chi connectivity index (χ3n) is 1.98. The van der Waals surface area contributed by atoms with E-state index in [1.54, 1.807) is 14.0 Å². The molecule has 94 valence electrons. The number of methoxy groups -OCH3 is 1. The van der Waals surface area contributed by atoms with Crippen molar-refractivity contribution in [1.82, 2.24) is 10.6 Å². The normalized spacial score (nSPS) is 11.9. The molecule has 0 aliphatic heterocycles. The van der Waals surface area contributed by atoms with Crippen LogP contribution in [-0.4, -0.2) is 43.4 Å². The number of ether oxygens (including phenoxy) is 1. The van der Waals surface area contributed by atoms with Gasteiger partial charge >= 0.3 is 12.0 Å². The number of amides is 2. The Morgan fingerprint density at radius 3 is 2.69 bits per heavy atom. The Morgan fingerprint density at radius 1 is 1.44 bits per heavy atom. The van der Waals surface area contributed by atoms with Gasteiger partial charge in [0.25, 0.3) is 0 Å². The topological polar surface area (TPSA) is 87.7 Å². The number of hydrogen-bond donors (Lipinski definition) is 3. The predicted octanol–water partition coefficient (Wildman–Crippen LogP) is 0.575. The number of hydrogen-bond acceptors (Lipinski definition) is 3. The number of carbonyl (C=O) groups is 2. The quantitative estimate of drug-likeness (QED) is 0.534. The Labute approximate surface area is 95.4 Å². The molecule has 2 amide bonds. The Hall–Kier alpha value is -1.30. The zero-order valence-electron chi connectivity index (χ0n) is 9.78. The number of urea groups is 1. The molecule has 0 fully saturated rings. The number of rotatable bonds is 8. The van der Waals surface area contributed by atoms with E-state index >= 15 is 0 Å². The first-order valence-corrected chi connectivity index (χ1v) is 5.31. The minimum absolute atomic E-state index is 0.0606. The first kappa shape index (κ1) is 14.7. The van der Waals surface area contributed by atoms with Crippen LogP contribution in [0, 0.1) is 0 Å². The number of nitrogens with one attached hydrogen (secondary N) is 2. The lowest BCUT2D eigenvalue weighted by atomic mass is 10.2. The van der Waals surface area contributed by atoms with Crippen LogP contribution in [0.1, 0.15) is 26.2 Å². The van der Waals surface area contributed by atoms with Gasteiger partial charge in [-0.2, -0.15) is 0 Å². The van der Waals surface area contributed by atoms with E-state index in [0.717, 1.165) is 6.42 Å². The predicted molar refractivity (Wildman–Crippen MR) is 59.4 cm³/mol. The fourth-order valence-electron chi connectivity index (χ4n) is 1.11. The Balaban J connectivity index is 3.50. The van der Waals surface area contributed by atoms with Gasteiger partial charge in [-0.15, -0.1) is 0 Å². The molecule has 0 aliphatic rings. The van der Waals surface area contributed by atoms with Gasteiger partial charge in [0.05, 0.1) is 0 Å². The molecular weight excluding hydrogens is 212 g/mol. The lowest BCUT2D eigenvalue weighted by molar-refractivity contribution is -0.137. The summed E-state index contributed by atoms with van der Waals surface area (Å²) in [7, 11) is 1.61. The first-order chi connectivity index (χ1) is 7.56. The molecular formula is C10H20N2O4. The van der Waals surface area contributed by atoms with E-state index in [1.807, 2.05) is 0 Å². The average Bonchev–Trinajstić information content (AvgIpc) is 2.21. The summed E-state index contributed by atoms with van der Waals surface area (Å²) in [5.41, 5.74) is 0. The third-order valence-corrected chi connectivity index (χ3v) is 1.98. The van der Waals surface area contributed by atoms with Crippen molar-refractivity contribution in [3.05, 3.63) is 0 Å². The maximum absolute atomic E-state index is 11.3. The van der Waals surface area contributed by atoms with Crippen molar-refractivity contribution in [2.75, 3.05) is 20.3 Å². The Kier molecular flexibility index (Phi) is 8.24. The summed E-state index contributed by atoms with van der Waals surface area (Å²) in [5.74, 6) is -0.853. The second kappa shape index (κ2) is 8.96. The summed E-state index contributed by atoms with van der Waals surface area (Å²) in [6, 6.07) is -0.410. The van der Waals surface area contributed by atoms with Gasteiger partial charge in [-0.1, -0.05) is 0 Å². The van der Waals surface area contributed by atoms with Gasteiger partial charge in [0, 0.05) is 32.7 Å². The lowest BCUT2D eigenvalue weighted by Crippen LogP contribution is -2.41. The van der Waals surface area contributed by atoms with Crippen molar-refractivity contribution >= 4 is 12.0 Å². The van der Waals surface area contributed by atoms with Gasteiger partial charge in [0.15, 0.2) is 0 Å². The highest BCUT2D eigenvalue weighted by Crippen LogP contribution is 1.95. The molecule has 0 bridgehead atoms. The standard InChI is InChI=1S/C10H20N2O4/c1-8(4-5-9(13)14)12-10(15)11-6-3-7-16-2/h8H,3-7H2,1-2H3,(H,13,14)(H2,11,12,15). The molecule has 0 aliphatic carbocycles. The molecule has 6 heteroatoms. The van der Waals surface area contributed by atoms with Crippen molar-refractivity contribution in [2.45, 2.75) is 32.2 Å². The summed E-state index contributed by atoms with van der Waals surface area (Å²) in [6.45, 7) is 2.93. The smallest absolute Gasteiger partial charge is 0.314 e. The van der Waals surface area contributed by atoms with E-state index in [1.165, 1.54) is 0 Å². The summed E-state index contributed by atoms with van der Waals surface area (Å²) >= 11 is 0. The maximum atomic E-state index is 11.3. The first-order valence-electron chi connectivity index (χ1n) is 5.31. The van der Waals surface area contributed by atoms with Gasteiger partial charge in [-0.25, -0.2) is 4.79 Å². The van der Waals surface area contributed by atoms with Crippen LogP contribution < -0.4 is 10.6 Å². The summed E-state index contributed by atoms with van der Waals surface area (Å²) < 4.78 is 4.83. The fraction of sp³-hybridized carbons (Fsp3) is 0.800. The summed E-state index contributed by atoms with van der Waals surface area (Å²) in [5, 5.41) is 13.8. The van der Waals surface area contributed by atoms with Crippen molar-refractivity contribution in [2.24, 2.45) is 0 Å². The number of carboxylic acid groups (broad SMARTS) is 1. The molecule has 0 aromatic carbocycles. The summed E-state index contributed by atoms with van der Waals surface area (Å²) in [4.78, 5) is 21.5. The van der Waals surface area contributed by atoms with Gasteiger partial charge in [-0.3, -0.25) is 4.79 Å². The molecule has 0 spiro atoms. The van der Waals surface area contributed by atoms with E-state index < -0.39 is 5.97 Å². The van der Waals surface area contributed by atoms with Crippen LogP contribution in [0.5, 0.6) is 0 Å². The van der Waals surface area contributed by atoms with E-state index in [4.69, 9.17) is 9.84 Å². The third kappa shape index (κ3) is 9.26. The molecule has 0 aromatic heterocycles. The molecule has 1 unspecified atom stereocenters. The molecule has 0 rings (SSSR count). The molecule has 0 heterocycles. The zero-order chi connectivity index (χ0) is 12.4. The Morgan fingerprint density at radius 2 is 2.12 bits per heavy atom. The van der Waals surface area contributed by atoms with Crippen LogP contribution in [0.2, 0.25) is 0 Å². The minimum Gasteiger partial charge on any atom is -0.481 e. The van der Waals surface area contributed by atoms with E-state index in [-0.39, 0.29) is 18.5 Å². The van der Waals surface area contributed by atoms with E-state index in [9.17, 15) is 9.59 Å². The van der Waals surface area contributed by atoms with Crippen LogP contribution in [0.15, 0.2) is 0 Å². The van der Waals surface area contributed by atoms with E-state index in [0.29, 0.717) is 19.6 Å². The van der Waals surface area contributed by atoms with Crippen LogP contribution in [0.3, 0.4) is 0 Å². The fourth-order valence-corrected chi connectivity index (χ4v) is 1.11. The van der Waals surface area contributed by atoms with Crippen molar-refractivity contribution in [1.29, 1.82) is 0 Å². The van der Waals surface area contributed by atoms with E-state index in [2.05, 4.69) is 10.6 Å². The van der Waals surface area contributed by atoms with Crippen molar-refractivity contribution < 1.29 is 19.4 Å². The molecule has 0 saturated carbocycles. The van der Waals surface area contributed by atoms with Crippen LogP contribution >= 0.6 is 0 Å². The van der Waals surface area contributed by atoms with Gasteiger partial charge in [-0.05, 0) is 19.8 Å². The zero-order valence-corrected chi connectivity index (χ0v) is 9.78. The molecule has 3 N–H and O–H groups in total. The van der Waals surface area contributed by atoms with Gasteiger partial charge in [0.1, 0.15) is 0 Å². The maximum Gasteiger partial charge on any atom is 0.314 e. The molecule has 0 saturated heterocycles. The lowest BCUT2D eigenvalue weighted by Gasteiger charge is -2.13. The van der Waals surface area contributed by atoms with Gasteiger partial charge < -0.3 is 20.5 Å². The largest absolute Gasteiger partial charge is 0.481 e. The molecule has 0 radical (unpaired) electrons. The second-order valence-electron chi connectivity index (χ2n) is 3.58. The SMILES string of the molecule is COCCCNC(=O)NC(C)CCC(=O)O. The molecule has 16 heavy (non-hydrogen) atoms.